The Hall–Kier alpha value is -0.810. The minimum absolute atomic E-state index is 0.0599. The molecule has 0 aliphatic rings. The van der Waals surface area contributed by atoms with Gasteiger partial charge in [0.25, 0.3) is 0 Å². The molecule has 17 heavy (non-hydrogen) atoms. The highest BCUT2D eigenvalue weighted by Gasteiger charge is 2.09. The van der Waals surface area contributed by atoms with Gasteiger partial charge in [0.05, 0.1) is 12.0 Å². The molecular formula is C15H20BrN. The van der Waals surface area contributed by atoms with Crippen LogP contribution in [0.15, 0.2) is 28.7 Å². The molecule has 0 saturated carbocycles. The number of halogens is 1. The van der Waals surface area contributed by atoms with E-state index in [1.54, 1.807) is 0 Å². The molecule has 0 radical (unpaired) electrons. The van der Waals surface area contributed by atoms with E-state index in [1.807, 2.05) is 24.3 Å². The number of nitriles is 1. The highest BCUT2D eigenvalue weighted by Crippen LogP contribution is 2.23. The van der Waals surface area contributed by atoms with Gasteiger partial charge in [-0.15, -0.1) is 0 Å². The monoisotopic (exact) mass is 293 g/mol. The first-order valence-electron chi connectivity index (χ1n) is 6.43. The molecular weight excluding hydrogens is 274 g/mol. The summed E-state index contributed by atoms with van der Waals surface area (Å²) in [6.07, 6.45) is 7.29. The maximum atomic E-state index is 9.19. The fourth-order valence-corrected chi connectivity index (χ4v) is 2.22. The van der Waals surface area contributed by atoms with Crippen LogP contribution < -0.4 is 0 Å². The molecule has 0 spiro atoms. The third kappa shape index (κ3) is 5.37. The van der Waals surface area contributed by atoms with Crippen molar-refractivity contribution in [2.75, 3.05) is 0 Å². The third-order valence-electron chi connectivity index (χ3n) is 3.02. The molecule has 0 heterocycles. The summed E-state index contributed by atoms with van der Waals surface area (Å²) in [5, 5.41) is 9.19. The van der Waals surface area contributed by atoms with E-state index in [1.165, 1.54) is 25.7 Å². The van der Waals surface area contributed by atoms with Crippen LogP contribution in [0.1, 0.15) is 56.9 Å². The van der Waals surface area contributed by atoms with E-state index >= 15 is 0 Å². The zero-order chi connectivity index (χ0) is 12.5. The molecule has 0 aromatic heterocycles. The van der Waals surface area contributed by atoms with Crippen molar-refractivity contribution in [1.29, 1.82) is 5.26 Å². The zero-order valence-corrected chi connectivity index (χ0v) is 12.0. The zero-order valence-electron chi connectivity index (χ0n) is 10.5. The van der Waals surface area contributed by atoms with Gasteiger partial charge >= 0.3 is 0 Å². The molecule has 0 N–H and O–H groups in total. The van der Waals surface area contributed by atoms with E-state index < -0.39 is 0 Å². The largest absolute Gasteiger partial charge is 0.198 e. The Balaban J connectivity index is 2.39. The smallest absolute Gasteiger partial charge is 0.0712 e. The maximum Gasteiger partial charge on any atom is 0.0712 e. The summed E-state index contributed by atoms with van der Waals surface area (Å²) in [6, 6.07) is 10.5. The van der Waals surface area contributed by atoms with Gasteiger partial charge in [-0.25, -0.2) is 0 Å². The second-order valence-corrected chi connectivity index (χ2v) is 5.35. The van der Waals surface area contributed by atoms with Crippen molar-refractivity contribution in [3.05, 3.63) is 34.3 Å². The van der Waals surface area contributed by atoms with Gasteiger partial charge in [-0.3, -0.25) is 0 Å². The Morgan fingerprint density at radius 2 is 1.76 bits per heavy atom. The summed E-state index contributed by atoms with van der Waals surface area (Å²) in [4.78, 5) is 0. The molecule has 0 unspecified atom stereocenters. The fraction of sp³-hybridized carbons (Fsp3) is 0.533. The lowest BCUT2D eigenvalue weighted by molar-refractivity contribution is 0.589. The highest BCUT2D eigenvalue weighted by atomic mass is 79.9. The second-order valence-electron chi connectivity index (χ2n) is 4.44. The molecule has 1 aromatic rings. The summed E-state index contributed by atoms with van der Waals surface area (Å²) >= 11 is 3.41. The van der Waals surface area contributed by atoms with Crippen LogP contribution >= 0.6 is 15.9 Å². The van der Waals surface area contributed by atoms with E-state index in [-0.39, 0.29) is 5.92 Å². The summed E-state index contributed by atoms with van der Waals surface area (Å²) < 4.78 is 1.07. The van der Waals surface area contributed by atoms with E-state index in [9.17, 15) is 5.26 Å². The Kier molecular flexibility index (Phi) is 6.96. The third-order valence-corrected chi connectivity index (χ3v) is 3.55. The molecule has 0 bridgehead atoms. The molecule has 1 atom stereocenters. The minimum atomic E-state index is 0.0599. The summed E-state index contributed by atoms with van der Waals surface area (Å²) in [5.74, 6) is 0.0599. The van der Waals surface area contributed by atoms with Crippen LogP contribution in [0.25, 0.3) is 0 Å². The summed E-state index contributed by atoms with van der Waals surface area (Å²) in [5.41, 5.74) is 1.14. The van der Waals surface area contributed by atoms with Crippen molar-refractivity contribution in [1.82, 2.24) is 0 Å². The lowest BCUT2D eigenvalue weighted by Gasteiger charge is -2.09. The minimum Gasteiger partial charge on any atom is -0.198 e. The molecule has 2 heteroatoms. The van der Waals surface area contributed by atoms with Crippen molar-refractivity contribution in [2.24, 2.45) is 0 Å². The Bertz CT molecular complexity index is 350. The normalized spacial score (nSPS) is 12.1. The Labute approximate surface area is 113 Å². The van der Waals surface area contributed by atoms with E-state index in [2.05, 4.69) is 28.9 Å². The molecule has 0 aliphatic heterocycles. The maximum absolute atomic E-state index is 9.19. The quantitative estimate of drug-likeness (QED) is 0.616. The standard InChI is InChI=1S/C15H20BrN/c1-2-3-4-5-6-7-14(12-17)13-8-10-15(16)11-9-13/h8-11,14H,2-7H2,1H3/t14-/m0/s1. The van der Waals surface area contributed by atoms with Crippen LogP contribution in [-0.4, -0.2) is 0 Å². The van der Waals surface area contributed by atoms with Crippen LogP contribution in [0.4, 0.5) is 0 Å². The number of benzene rings is 1. The van der Waals surface area contributed by atoms with Gasteiger partial charge in [0, 0.05) is 4.47 Å². The lowest BCUT2D eigenvalue weighted by atomic mass is 9.94. The highest BCUT2D eigenvalue weighted by molar-refractivity contribution is 9.10. The first kappa shape index (κ1) is 14.3. The van der Waals surface area contributed by atoms with Gasteiger partial charge < -0.3 is 0 Å². The lowest BCUT2D eigenvalue weighted by Crippen LogP contribution is -1.95. The van der Waals surface area contributed by atoms with Gasteiger partial charge in [0.15, 0.2) is 0 Å². The van der Waals surface area contributed by atoms with Crippen molar-refractivity contribution in [3.8, 4) is 6.07 Å². The van der Waals surface area contributed by atoms with Crippen molar-refractivity contribution < 1.29 is 0 Å². The van der Waals surface area contributed by atoms with E-state index in [4.69, 9.17) is 0 Å². The van der Waals surface area contributed by atoms with Crippen molar-refractivity contribution >= 4 is 15.9 Å². The van der Waals surface area contributed by atoms with Crippen LogP contribution in [0.3, 0.4) is 0 Å². The Morgan fingerprint density at radius 1 is 1.12 bits per heavy atom. The predicted octanol–water partition coefficient (Wildman–Crippen LogP) is 5.42. The molecule has 1 rings (SSSR count). The number of nitrogens with zero attached hydrogens (tertiary/aromatic N) is 1. The SMILES string of the molecule is CCCCCCC[C@@H](C#N)c1ccc(Br)cc1. The topological polar surface area (TPSA) is 23.8 Å². The first-order chi connectivity index (χ1) is 8.27. The number of hydrogen-bond acceptors (Lipinski definition) is 1. The van der Waals surface area contributed by atoms with Gasteiger partial charge in [0.1, 0.15) is 0 Å². The van der Waals surface area contributed by atoms with Gasteiger partial charge in [-0.2, -0.15) is 5.26 Å². The molecule has 92 valence electrons. The van der Waals surface area contributed by atoms with Crippen LogP contribution in [0.2, 0.25) is 0 Å². The van der Waals surface area contributed by atoms with Crippen LogP contribution in [0.5, 0.6) is 0 Å². The predicted molar refractivity (Wildman–Crippen MR) is 75.9 cm³/mol. The van der Waals surface area contributed by atoms with Crippen molar-refractivity contribution in [2.45, 2.75) is 51.4 Å². The van der Waals surface area contributed by atoms with Gasteiger partial charge in [-0.05, 0) is 24.1 Å². The average molecular weight is 294 g/mol. The fourth-order valence-electron chi connectivity index (χ4n) is 1.95. The molecule has 0 amide bonds. The molecule has 0 saturated heterocycles. The second kappa shape index (κ2) is 8.31. The number of hydrogen-bond donors (Lipinski definition) is 0. The number of unbranched alkanes of at least 4 members (excludes halogenated alkanes) is 4. The van der Waals surface area contributed by atoms with E-state index in [0.717, 1.165) is 22.9 Å². The summed E-state index contributed by atoms with van der Waals surface area (Å²) in [7, 11) is 0. The van der Waals surface area contributed by atoms with Gasteiger partial charge in [-0.1, -0.05) is 67.1 Å². The van der Waals surface area contributed by atoms with Crippen LogP contribution in [-0.2, 0) is 0 Å². The molecule has 1 aromatic carbocycles. The molecule has 1 nitrogen and oxygen atoms in total. The Morgan fingerprint density at radius 3 is 2.35 bits per heavy atom. The van der Waals surface area contributed by atoms with Gasteiger partial charge in [0.2, 0.25) is 0 Å². The van der Waals surface area contributed by atoms with Crippen molar-refractivity contribution in [3.63, 3.8) is 0 Å². The number of rotatable bonds is 7. The molecule has 0 fully saturated rings. The average Bonchev–Trinajstić information content (AvgIpc) is 2.35. The summed E-state index contributed by atoms with van der Waals surface area (Å²) in [6.45, 7) is 2.22. The van der Waals surface area contributed by atoms with E-state index in [0.29, 0.717) is 0 Å². The molecule has 0 aliphatic carbocycles. The first-order valence-corrected chi connectivity index (χ1v) is 7.22. The van der Waals surface area contributed by atoms with Crippen LogP contribution in [0, 0.1) is 11.3 Å².